The number of hydrogen-bond acceptors (Lipinski definition) is 8. The van der Waals surface area contributed by atoms with Gasteiger partial charge in [0.25, 0.3) is 0 Å². The third kappa shape index (κ3) is 4.51. The van der Waals surface area contributed by atoms with E-state index in [-0.39, 0.29) is 18.9 Å². The number of benzene rings is 1. The number of aromatic nitrogens is 4. The van der Waals surface area contributed by atoms with Crippen molar-refractivity contribution in [3.05, 3.63) is 59.1 Å². The summed E-state index contributed by atoms with van der Waals surface area (Å²) in [6.45, 7) is 7.40. The van der Waals surface area contributed by atoms with Crippen LogP contribution >= 0.6 is 23.1 Å². The summed E-state index contributed by atoms with van der Waals surface area (Å²) in [7, 11) is 0. The molecule has 32 heavy (non-hydrogen) atoms. The highest BCUT2D eigenvalue weighted by molar-refractivity contribution is 7.99. The quantitative estimate of drug-likeness (QED) is 0.233. The van der Waals surface area contributed by atoms with E-state index in [1.807, 2.05) is 28.7 Å². The number of amides is 1. The SMILES string of the molecule is C=CCOC(=O)c1sc(NC(=O)CCSc2nnc3cc(C)c4ccccc4n23)nc1C. The fraction of sp³-hybridized carbons (Fsp3) is 0.227. The highest BCUT2D eigenvalue weighted by Gasteiger charge is 2.18. The van der Waals surface area contributed by atoms with Crippen LogP contribution in [0, 0.1) is 13.8 Å². The number of para-hydroxylation sites is 1. The fourth-order valence-corrected chi connectivity index (χ4v) is 4.99. The van der Waals surface area contributed by atoms with Gasteiger partial charge in [-0.05, 0) is 31.5 Å². The van der Waals surface area contributed by atoms with Gasteiger partial charge >= 0.3 is 5.97 Å². The lowest BCUT2D eigenvalue weighted by Gasteiger charge is -2.07. The second-order valence-corrected chi connectivity index (χ2v) is 9.05. The van der Waals surface area contributed by atoms with Gasteiger partial charge in [0.1, 0.15) is 11.5 Å². The maximum absolute atomic E-state index is 12.4. The molecule has 0 unspecified atom stereocenters. The number of carbonyl (C=O) groups is 2. The molecule has 3 aromatic heterocycles. The Morgan fingerprint density at radius 3 is 2.91 bits per heavy atom. The van der Waals surface area contributed by atoms with E-state index in [1.165, 1.54) is 17.8 Å². The molecule has 0 spiro atoms. The molecule has 4 rings (SSSR count). The zero-order valence-electron chi connectivity index (χ0n) is 17.6. The lowest BCUT2D eigenvalue weighted by molar-refractivity contribution is -0.115. The van der Waals surface area contributed by atoms with Crippen molar-refractivity contribution < 1.29 is 14.3 Å². The van der Waals surface area contributed by atoms with Crippen LogP contribution in [-0.2, 0) is 9.53 Å². The molecule has 0 fully saturated rings. The molecule has 8 nitrogen and oxygen atoms in total. The van der Waals surface area contributed by atoms with Crippen LogP contribution in [0.4, 0.5) is 5.13 Å². The van der Waals surface area contributed by atoms with Crippen LogP contribution in [0.15, 0.2) is 48.1 Å². The molecule has 1 N–H and O–H groups in total. The van der Waals surface area contributed by atoms with Crippen LogP contribution in [0.25, 0.3) is 16.6 Å². The Morgan fingerprint density at radius 1 is 1.28 bits per heavy atom. The van der Waals surface area contributed by atoms with E-state index in [4.69, 9.17) is 4.74 Å². The predicted octanol–water partition coefficient (Wildman–Crippen LogP) is 4.42. The summed E-state index contributed by atoms with van der Waals surface area (Å²) < 4.78 is 7.05. The third-order valence-corrected chi connectivity index (χ3v) is 6.68. The van der Waals surface area contributed by atoms with Crippen LogP contribution in [0.2, 0.25) is 0 Å². The normalized spacial score (nSPS) is 11.1. The molecule has 0 atom stereocenters. The minimum atomic E-state index is -0.475. The van der Waals surface area contributed by atoms with Crippen molar-refractivity contribution in [2.24, 2.45) is 0 Å². The minimum Gasteiger partial charge on any atom is -0.457 e. The van der Waals surface area contributed by atoms with Crippen molar-refractivity contribution in [1.82, 2.24) is 19.6 Å². The number of nitrogens with one attached hydrogen (secondary N) is 1. The standard InChI is InChI=1S/C22H21N5O3S2/c1-4-10-30-20(29)19-14(3)23-21(32-19)24-18(28)9-11-31-22-26-25-17-12-13(2)15-7-5-6-8-16(15)27(17)22/h4-8,12H,1,9-11H2,2-3H3,(H,23,24,28). The Kier molecular flexibility index (Phi) is 6.52. The van der Waals surface area contributed by atoms with Crippen molar-refractivity contribution in [2.75, 3.05) is 17.7 Å². The lowest BCUT2D eigenvalue weighted by Crippen LogP contribution is -2.12. The number of nitrogens with zero attached hydrogens (tertiary/aromatic N) is 4. The summed E-state index contributed by atoms with van der Waals surface area (Å²) in [5.74, 6) is -0.142. The van der Waals surface area contributed by atoms with Gasteiger partial charge in [0.15, 0.2) is 15.9 Å². The third-order valence-electron chi connectivity index (χ3n) is 4.69. The summed E-state index contributed by atoms with van der Waals surface area (Å²) in [5, 5.41) is 13.6. The van der Waals surface area contributed by atoms with Gasteiger partial charge in [-0.25, -0.2) is 9.78 Å². The number of thiazole rings is 1. The molecule has 1 aromatic carbocycles. The topological polar surface area (TPSA) is 98.5 Å². The number of ether oxygens (including phenoxy) is 1. The monoisotopic (exact) mass is 467 g/mol. The maximum atomic E-state index is 12.4. The van der Waals surface area contributed by atoms with Crippen molar-refractivity contribution in [1.29, 1.82) is 0 Å². The predicted molar refractivity (Wildman–Crippen MR) is 127 cm³/mol. The first-order valence-electron chi connectivity index (χ1n) is 9.89. The number of carbonyl (C=O) groups excluding carboxylic acids is 2. The second kappa shape index (κ2) is 9.49. The number of rotatable bonds is 8. The van der Waals surface area contributed by atoms with E-state index in [9.17, 15) is 9.59 Å². The Balaban J connectivity index is 1.40. The largest absolute Gasteiger partial charge is 0.457 e. The number of thioether (sulfide) groups is 1. The molecular weight excluding hydrogens is 446 g/mol. The number of fused-ring (bicyclic) bond motifs is 3. The van der Waals surface area contributed by atoms with Gasteiger partial charge in [0, 0.05) is 17.6 Å². The van der Waals surface area contributed by atoms with Crippen molar-refractivity contribution in [3.63, 3.8) is 0 Å². The molecule has 10 heteroatoms. The van der Waals surface area contributed by atoms with Crippen molar-refractivity contribution in [3.8, 4) is 0 Å². The highest BCUT2D eigenvalue weighted by Crippen LogP contribution is 2.27. The van der Waals surface area contributed by atoms with Crippen LogP contribution < -0.4 is 5.32 Å². The number of esters is 1. The summed E-state index contributed by atoms with van der Waals surface area (Å²) >= 11 is 2.56. The lowest BCUT2D eigenvalue weighted by atomic mass is 10.1. The fourth-order valence-electron chi connectivity index (χ4n) is 3.22. The molecule has 0 saturated carbocycles. The van der Waals surface area contributed by atoms with Gasteiger partial charge < -0.3 is 10.1 Å². The summed E-state index contributed by atoms with van der Waals surface area (Å²) in [6, 6.07) is 10.1. The minimum absolute atomic E-state index is 0.126. The Hall–Kier alpha value is -3.24. The second-order valence-electron chi connectivity index (χ2n) is 6.99. The number of aryl methyl sites for hydroxylation is 2. The maximum Gasteiger partial charge on any atom is 0.350 e. The van der Waals surface area contributed by atoms with Gasteiger partial charge in [-0.3, -0.25) is 9.20 Å². The number of hydrogen-bond donors (Lipinski definition) is 1. The average molecular weight is 468 g/mol. The summed E-state index contributed by atoms with van der Waals surface area (Å²) in [4.78, 5) is 29.0. The molecule has 0 bridgehead atoms. The summed E-state index contributed by atoms with van der Waals surface area (Å²) in [6.07, 6.45) is 1.76. The van der Waals surface area contributed by atoms with Crippen molar-refractivity contribution in [2.45, 2.75) is 25.4 Å². The molecule has 3 heterocycles. The van der Waals surface area contributed by atoms with Crippen LogP contribution in [0.5, 0.6) is 0 Å². The van der Waals surface area contributed by atoms with Gasteiger partial charge in [-0.15, -0.1) is 10.2 Å². The van der Waals surface area contributed by atoms with Gasteiger partial charge in [0.05, 0.1) is 11.2 Å². The van der Waals surface area contributed by atoms with Gasteiger partial charge in [-0.2, -0.15) is 0 Å². The van der Waals surface area contributed by atoms with E-state index in [0.717, 1.165) is 38.6 Å². The van der Waals surface area contributed by atoms with Crippen LogP contribution in [-0.4, -0.2) is 43.8 Å². The first-order valence-corrected chi connectivity index (χ1v) is 11.7. The zero-order chi connectivity index (χ0) is 22.7. The Morgan fingerprint density at radius 2 is 2.09 bits per heavy atom. The molecule has 0 aliphatic rings. The first kappa shape index (κ1) is 22.0. The van der Waals surface area contributed by atoms with E-state index in [0.29, 0.717) is 21.5 Å². The average Bonchev–Trinajstić information content (AvgIpc) is 3.35. The Bertz CT molecular complexity index is 1330. The van der Waals surface area contributed by atoms with E-state index in [2.05, 4.69) is 40.1 Å². The van der Waals surface area contributed by atoms with Crippen LogP contribution in [0.3, 0.4) is 0 Å². The van der Waals surface area contributed by atoms with Crippen LogP contribution in [0.1, 0.15) is 27.3 Å². The number of anilines is 1. The summed E-state index contributed by atoms with van der Waals surface area (Å²) in [5.41, 5.74) is 3.48. The first-order chi connectivity index (χ1) is 15.5. The highest BCUT2D eigenvalue weighted by atomic mass is 32.2. The molecular formula is C22H21N5O3S2. The van der Waals surface area contributed by atoms with Gasteiger partial charge in [0.2, 0.25) is 5.91 Å². The molecule has 1 amide bonds. The zero-order valence-corrected chi connectivity index (χ0v) is 19.3. The molecule has 0 saturated heterocycles. The van der Waals surface area contributed by atoms with E-state index >= 15 is 0 Å². The molecule has 164 valence electrons. The Labute approximate surface area is 192 Å². The molecule has 0 aliphatic carbocycles. The molecule has 0 radical (unpaired) electrons. The van der Waals surface area contributed by atoms with Gasteiger partial charge in [-0.1, -0.05) is 54.0 Å². The van der Waals surface area contributed by atoms with E-state index < -0.39 is 5.97 Å². The molecule has 4 aromatic rings. The number of pyridine rings is 1. The smallest absolute Gasteiger partial charge is 0.350 e. The van der Waals surface area contributed by atoms with E-state index in [1.54, 1.807) is 6.92 Å². The van der Waals surface area contributed by atoms with Crippen molar-refractivity contribution >= 4 is 56.7 Å². The molecule has 0 aliphatic heterocycles.